The van der Waals surface area contributed by atoms with E-state index in [0.717, 1.165) is 18.2 Å². The Bertz CT molecular complexity index is 344. The molecule has 2 rings (SSSR count). The molecular formula is C13H18N2S. The lowest BCUT2D eigenvalue weighted by Gasteiger charge is -2.23. The second kappa shape index (κ2) is 5.30. The van der Waals surface area contributed by atoms with Crippen LogP contribution >= 0.6 is 12.2 Å². The summed E-state index contributed by atoms with van der Waals surface area (Å²) < 4.78 is 0. The quantitative estimate of drug-likeness (QED) is 0.792. The molecule has 3 heteroatoms. The molecule has 1 heterocycles. The van der Waals surface area contributed by atoms with Crippen LogP contribution in [0.4, 0.5) is 0 Å². The number of hydrogen-bond acceptors (Lipinski definition) is 1. The molecule has 0 amide bonds. The van der Waals surface area contributed by atoms with E-state index in [4.69, 9.17) is 12.2 Å². The minimum atomic E-state index is 0.286. The van der Waals surface area contributed by atoms with Gasteiger partial charge < -0.3 is 10.2 Å². The first kappa shape index (κ1) is 11.4. The van der Waals surface area contributed by atoms with Gasteiger partial charge in [0.15, 0.2) is 5.11 Å². The van der Waals surface area contributed by atoms with Crippen molar-refractivity contribution >= 4 is 17.3 Å². The number of nitrogens with one attached hydrogen (secondary N) is 1. The number of thiocarbonyl (C=S) groups is 1. The Morgan fingerprint density at radius 3 is 2.50 bits per heavy atom. The Morgan fingerprint density at radius 1 is 1.25 bits per heavy atom. The lowest BCUT2D eigenvalue weighted by Crippen LogP contribution is -2.38. The molecule has 1 aromatic rings. The zero-order chi connectivity index (χ0) is 11.4. The molecular weight excluding hydrogens is 216 g/mol. The predicted octanol–water partition coefficient (Wildman–Crippen LogP) is 2.72. The summed E-state index contributed by atoms with van der Waals surface area (Å²) in [6.07, 6.45) is 2.53. The van der Waals surface area contributed by atoms with Crippen LogP contribution in [0.1, 0.15) is 31.4 Å². The van der Waals surface area contributed by atoms with Crippen LogP contribution in [0.5, 0.6) is 0 Å². The van der Waals surface area contributed by atoms with Crippen molar-refractivity contribution < 1.29 is 0 Å². The third-order valence-corrected chi connectivity index (χ3v) is 3.41. The normalized spacial score (nSPS) is 17.2. The monoisotopic (exact) mass is 234 g/mol. The van der Waals surface area contributed by atoms with E-state index >= 15 is 0 Å². The molecule has 0 aromatic heterocycles. The molecule has 2 nitrogen and oxygen atoms in total. The lowest BCUT2D eigenvalue weighted by molar-refractivity contribution is 0.495. The van der Waals surface area contributed by atoms with Crippen molar-refractivity contribution in [2.24, 2.45) is 0 Å². The molecule has 0 spiro atoms. The fourth-order valence-corrected chi connectivity index (χ4v) is 2.38. The van der Waals surface area contributed by atoms with Gasteiger partial charge in [-0.05, 0) is 37.5 Å². The number of hydrogen-bond donors (Lipinski definition) is 1. The highest BCUT2D eigenvalue weighted by Gasteiger charge is 2.16. The van der Waals surface area contributed by atoms with E-state index in [9.17, 15) is 0 Å². The van der Waals surface area contributed by atoms with Crippen molar-refractivity contribution in [2.45, 2.75) is 25.8 Å². The molecule has 0 saturated carbocycles. The van der Waals surface area contributed by atoms with Gasteiger partial charge in [0, 0.05) is 13.1 Å². The van der Waals surface area contributed by atoms with Crippen molar-refractivity contribution in [3.63, 3.8) is 0 Å². The molecule has 86 valence electrons. The largest absolute Gasteiger partial charge is 0.356 e. The van der Waals surface area contributed by atoms with Crippen LogP contribution < -0.4 is 5.32 Å². The Morgan fingerprint density at radius 2 is 1.88 bits per heavy atom. The zero-order valence-corrected chi connectivity index (χ0v) is 10.5. The summed E-state index contributed by atoms with van der Waals surface area (Å²) in [5.41, 5.74) is 1.28. The van der Waals surface area contributed by atoms with E-state index in [1.165, 1.54) is 18.4 Å². The Balaban J connectivity index is 1.92. The van der Waals surface area contributed by atoms with Gasteiger partial charge in [-0.15, -0.1) is 0 Å². The summed E-state index contributed by atoms with van der Waals surface area (Å²) >= 11 is 5.40. The second-order valence-corrected chi connectivity index (χ2v) is 4.66. The highest BCUT2D eigenvalue weighted by atomic mass is 32.1. The summed E-state index contributed by atoms with van der Waals surface area (Å²) in [7, 11) is 0. The minimum absolute atomic E-state index is 0.286. The van der Waals surface area contributed by atoms with E-state index in [0.29, 0.717) is 0 Å². The van der Waals surface area contributed by atoms with Crippen molar-refractivity contribution in [1.29, 1.82) is 0 Å². The van der Waals surface area contributed by atoms with Crippen LogP contribution in [-0.4, -0.2) is 23.1 Å². The molecule has 0 aliphatic carbocycles. The average molecular weight is 234 g/mol. The van der Waals surface area contributed by atoms with Crippen LogP contribution in [0.3, 0.4) is 0 Å². The lowest BCUT2D eigenvalue weighted by atomic mass is 10.1. The topological polar surface area (TPSA) is 15.3 Å². The van der Waals surface area contributed by atoms with Crippen molar-refractivity contribution in [3.05, 3.63) is 35.9 Å². The zero-order valence-electron chi connectivity index (χ0n) is 9.65. The maximum Gasteiger partial charge on any atom is 0.169 e. The van der Waals surface area contributed by atoms with Gasteiger partial charge in [-0.25, -0.2) is 0 Å². The van der Waals surface area contributed by atoms with Crippen LogP contribution in [0.2, 0.25) is 0 Å². The summed E-state index contributed by atoms with van der Waals surface area (Å²) in [6, 6.07) is 10.7. The minimum Gasteiger partial charge on any atom is -0.356 e. The molecule has 1 N–H and O–H groups in total. The van der Waals surface area contributed by atoms with E-state index in [-0.39, 0.29) is 6.04 Å². The van der Waals surface area contributed by atoms with Gasteiger partial charge in [-0.1, -0.05) is 30.3 Å². The highest BCUT2D eigenvalue weighted by molar-refractivity contribution is 7.80. The molecule has 16 heavy (non-hydrogen) atoms. The Kier molecular flexibility index (Phi) is 3.78. The predicted molar refractivity (Wildman–Crippen MR) is 71.4 cm³/mol. The van der Waals surface area contributed by atoms with Crippen LogP contribution in [0, 0.1) is 0 Å². The van der Waals surface area contributed by atoms with Gasteiger partial charge >= 0.3 is 0 Å². The summed E-state index contributed by atoms with van der Waals surface area (Å²) in [4.78, 5) is 2.26. The van der Waals surface area contributed by atoms with Gasteiger partial charge in [0.25, 0.3) is 0 Å². The first-order valence-electron chi connectivity index (χ1n) is 5.88. The fourth-order valence-electron chi connectivity index (χ4n) is 2.02. The fraction of sp³-hybridized carbons (Fsp3) is 0.462. The third-order valence-electron chi connectivity index (χ3n) is 3.03. The van der Waals surface area contributed by atoms with Crippen molar-refractivity contribution in [1.82, 2.24) is 10.2 Å². The molecule has 1 fully saturated rings. The summed E-state index contributed by atoms with van der Waals surface area (Å²) in [5.74, 6) is 0. The molecule has 1 saturated heterocycles. The highest BCUT2D eigenvalue weighted by Crippen LogP contribution is 2.13. The van der Waals surface area contributed by atoms with Crippen LogP contribution in [0.15, 0.2) is 30.3 Å². The van der Waals surface area contributed by atoms with Gasteiger partial charge in [-0.3, -0.25) is 0 Å². The third kappa shape index (κ3) is 2.73. The second-order valence-electron chi connectivity index (χ2n) is 4.28. The number of likely N-dealkylation sites (tertiary alicyclic amines) is 1. The van der Waals surface area contributed by atoms with Crippen molar-refractivity contribution in [3.8, 4) is 0 Å². The van der Waals surface area contributed by atoms with E-state index < -0.39 is 0 Å². The summed E-state index contributed by atoms with van der Waals surface area (Å²) in [6.45, 7) is 4.36. The van der Waals surface area contributed by atoms with Crippen LogP contribution in [0.25, 0.3) is 0 Å². The van der Waals surface area contributed by atoms with E-state index in [1.807, 2.05) is 6.07 Å². The molecule has 1 unspecified atom stereocenters. The molecule has 1 aliphatic heterocycles. The molecule has 1 aromatic carbocycles. The molecule has 0 radical (unpaired) electrons. The van der Waals surface area contributed by atoms with Crippen molar-refractivity contribution in [2.75, 3.05) is 13.1 Å². The maximum atomic E-state index is 5.40. The number of benzene rings is 1. The van der Waals surface area contributed by atoms with Gasteiger partial charge in [0.1, 0.15) is 0 Å². The molecule has 1 aliphatic rings. The Hall–Kier alpha value is -1.09. The summed E-state index contributed by atoms with van der Waals surface area (Å²) in [5, 5.41) is 4.29. The van der Waals surface area contributed by atoms with E-state index in [2.05, 4.69) is 41.4 Å². The van der Waals surface area contributed by atoms with Crippen LogP contribution in [-0.2, 0) is 0 Å². The molecule has 0 bridgehead atoms. The SMILES string of the molecule is CC(NC(=S)N1CCCC1)c1ccccc1. The average Bonchev–Trinajstić information content (AvgIpc) is 2.83. The first-order chi connectivity index (χ1) is 7.77. The van der Waals surface area contributed by atoms with E-state index in [1.54, 1.807) is 0 Å². The smallest absolute Gasteiger partial charge is 0.169 e. The van der Waals surface area contributed by atoms with Gasteiger partial charge in [0.2, 0.25) is 0 Å². The van der Waals surface area contributed by atoms with Gasteiger partial charge in [0.05, 0.1) is 6.04 Å². The number of rotatable bonds is 2. The van der Waals surface area contributed by atoms with Gasteiger partial charge in [-0.2, -0.15) is 0 Å². The molecule has 1 atom stereocenters. The Labute approximate surface area is 103 Å². The maximum absolute atomic E-state index is 5.40. The number of nitrogens with zero attached hydrogens (tertiary/aromatic N) is 1. The first-order valence-corrected chi connectivity index (χ1v) is 6.28. The standard InChI is InChI=1S/C13H18N2S/c1-11(12-7-3-2-4-8-12)14-13(16)15-9-5-6-10-15/h2-4,7-8,11H,5-6,9-10H2,1H3,(H,14,16).